The highest BCUT2D eigenvalue weighted by Gasteiger charge is 2.25. The molecule has 6 nitrogen and oxygen atoms in total. The Labute approximate surface area is 126 Å². The average molecular weight is 294 g/mol. The lowest BCUT2D eigenvalue weighted by atomic mass is 10.1. The number of aryl methyl sites for hydroxylation is 2. The first-order valence-corrected chi connectivity index (χ1v) is 7.59. The van der Waals surface area contributed by atoms with Crippen molar-refractivity contribution in [1.82, 2.24) is 14.9 Å². The number of morpholine rings is 1. The average Bonchev–Trinajstić information content (AvgIpc) is 2.45. The van der Waals surface area contributed by atoms with Gasteiger partial charge in [0, 0.05) is 37.9 Å². The fraction of sp³-hybridized carbons (Fsp3) is 0.733. The molecule has 1 aliphatic rings. The van der Waals surface area contributed by atoms with Crippen LogP contribution in [0.5, 0.6) is 0 Å². The van der Waals surface area contributed by atoms with Crippen LogP contribution in [0.2, 0.25) is 0 Å². The molecule has 1 aromatic rings. The summed E-state index contributed by atoms with van der Waals surface area (Å²) < 4.78 is 5.33. The molecule has 0 saturated carbocycles. The Hall–Kier alpha value is -1.24. The van der Waals surface area contributed by atoms with Gasteiger partial charge < -0.3 is 15.2 Å². The van der Waals surface area contributed by atoms with Crippen LogP contribution in [0.15, 0.2) is 6.07 Å². The summed E-state index contributed by atoms with van der Waals surface area (Å²) in [6.07, 6.45) is 0.877. The maximum atomic E-state index is 10.5. The molecule has 1 aliphatic heterocycles. The minimum absolute atomic E-state index is 0.462. The molecule has 2 rings (SSSR count). The van der Waals surface area contributed by atoms with Crippen molar-refractivity contribution in [1.29, 1.82) is 0 Å². The summed E-state index contributed by atoms with van der Waals surface area (Å²) in [5, 5.41) is 13.8. The Morgan fingerprint density at radius 1 is 1.38 bits per heavy atom. The lowest BCUT2D eigenvalue weighted by Gasteiger charge is -2.34. The fourth-order valence-electron chi connectivity index (χ4n) is 2.48. The first-order chi connectivity index (χ1) is 9.98. The second-order valence-corrected chi connectivity index (χ2v) is 5.88. The van der Waals surface area contributed by atoms with Gasteiger partial charge in [-0.15, -0.1) is 0 Å². The second-order valence-electron chi connectivity index (χ2n) is 5.88. The van der Waals surface area contributed by atoms with Gasteiger partial charge >= 0.3 is 0 Å². The molecule has 1 fully saturated rings. The minimum atomic E-state index is -0.803. The first-order valence-electron chi connectivity index (χ1n) is 7.59. The number of ether oxygens (including phenoxy) is 1. The molecule has 2 N–H and O–H groups in total. The highest BCUT2D eigenvalue weighted by molar-refractivity contribution is 5.36. The van der Waals surface area contributed by atoms with Crippen molar-refractivity contribution in [3.8, 4) is 0 Å². The molecule has 0 aromatic carbocycles. The van der Waals surface area contributed by atoms with Crippen LogP contribution in [-0.4, -0.2) is 65.0 Å². The van der Waals surface area contributed by atoms with Gasteiger partial charge in [0.2, 0.25) is 0 Å². The van der Waals surface area contributed by atoms with E-state index >= 15 is 0 Å². The van der Waals surface area contributed by atoms with E-state index in [9.17, 15) is 5.11 Å². The Morgan fingerprint density at radius 2 is 2.10 bits per heavy atom. The van der Waals surface area contributed by atoms with Gasteiger partial charge in [0.25, 0.3) is 0 Å². The number of rotatable bonds is 6. The zero-order valence-electron chi connectivity index (χ0n) is 13.2. The van der Waals surface area contributed by atoms with Gasteiger partial charge in [0.1, 0.15) is 11.6 Å². The lowest BCUT2D eigenvalue weighted by Crippen LogP contribution is -2.49. The van der Waals surface area contributed by atoms with Crippen molar-refractivity contribution in [2.75, 3.05) is 44.7 Å². The molecule has 1 saturated heterocycles. The van der Waals surface area contributed by atoms with Crippen molar-refractivity contribution >= 4 is 5.82 Å². The number of β-amino-alcohol motifs (C(OH)–C–C–N with tert-alkyl or cyclic N) is 1. The van der Waals surface area contributed by atoms with E-state index in [1.54, 1.807) is 0 Å². The molecular weight excluding hydrogens is 268 g/mol. The van der Waals surface area contributed by atoms with Crippen molar-refractivity contribution < 1.29 is 9.84 Å². The largest absolute Gasteiger partial charge is 0.387 e. The van der Waals surface area contributed by atoms with Gasteiger partial charge in [-0.2, -0.15) is 0 Å². The zero-order valence-corrected chi connectivity index (χ0v) is 13.2. The number of aromatic nitrogens is 2. The Morgan fingerprint density at radius 3 is 2.76 bits per heavy atom. The lowest BCUT2D eigenvalue weighted by molar-refractivity contribution is -0.0164. The van der Waals surface area contributed by atoms with Crippen LogP contribution >= 0.6 is 0 Å². The predicted molar refractivity (Wildman–Crippen MR) is 82.5 cm³/mol. The molecule has 21 heavy (non-hydrogen) atoms. The quantitative estimate of drug-likeness (QED) is 0.810. The van der Waals surface area contributed by atoms with E-state index in [0.29, 0.717) is 13.1 Å². The van der Waals surface area contributed by atoms with Crippen LogP contribution < -0.4 is 5.32 Å². The Kier molecular flexibility index (Phi) is 5.50. The number of hydrogen-bond acceptors (Lipinski definition) is 6. The SMILES string of the molecule is CCc1cc(NCC(C)(O)CN2CCOCC2)nc(C)n1. The summed E-state index contributed by atoms with van der Waals surface area (Å²) in [4.78, 5) is 10.9. The Bertz CT molecular complexity index is 459. The van der Waals surface area contributed by atoms with Crippen LogP contribution in [-0.2, 0) is 11.2 Å². The third kappa shape index (κ3) is 5.22. The van der Waals surface area contributed by atoms with E-state index in [1.165, 1.54) is 0 Å². The molecule has 1 unspecified atom stereocenters. The van der Waals surface area contributed by atoms with Crippen LogP contribution in [0.4, 0.5) is 5.82 Å². The van der Waals surface area contributed by atoms with Crippen molar-refractivity contribution in [3.05, 3.63) is 17.6 Å². The summed E-state index contributed by atoms with van der Waals surface area (Å²) >= 11 is 0. The Balaban J connectivity index is 1.89. The number of anilines is 1. The predicted octanol–water partition coefficient (Wildman–Crippen LogP) is 0.843. The van der Waals surface area contributed by atoms with E-state index in [4.69, 9.17) is 4.74 Å². The normalized spacial score (nSPS) is 19.2. The molecule has 0 aliphatic carbocycles. The molecule has 1 atom stereocenters. The molecule has 0 spiro atoms. The maximum Gasteiger partial charge on any atom is 0.130 e. The monoisotopic (exact) mass is 294 g/mol. The van der Waals surface area contributed by atoms with Crippen LogP contribution in [0.3, 0.4) is 0 Å². The minimum Gasteiger partial charge on any atom is -0.387 e. The van der Waals surface area contributed by atoms with Crippen LogP contribution in [0.25, 0.3) is 0 Å². The molecule has 6 heteroatoms. The van der Waals surface area contributed by atoms with E-state index in [0.717, 1.165) is 50.1 Å². The molecule has 0 radical (unpaired) electrons. The van der Waals surface area contributed by atoms with Gasteiger partial charge in [-0.05, 0) is 20.3 Å². The highest BCUT2D eigenvalue weighted by Crippen LogP contribution is 2.12. The topological polar surface area (TPSA) is 70.5 Å². The fourth-order valence-corrected chi connectivity index (χ4v) is 2.48. The van der Waals surface area contributed by atoms with Gasteiger partial charge in [0.15, 0.2) is 0 Å². The molecule has 0 bridgehead atoms. The maximum absolute atomic E-state index is 10.5. The number of nitrogens with one attached hydrogen (secondary N) is 1. The highest BCUT2D eigenvalue weighted by atomic mass is 16.5. The molecular formula is C15H26N4O2. The van der Waals surface area contributed by atoms with E-state index in [-0.39, 0.29) is 0 Å². The summed E-state index contributed by atoms with van der Waals surface area (Å²) in [5.74, 6) is 1.53. The van der Waals surface area contributed by atoms with Gasteiger partial charge in [0.05, 0.1) is 18.8 Å². The summed E-state index contributed by atoms with van der Waals surface area (Å²) in [7, 11) is 0. The zero-order chi connectivity index (χ0) is 15.3. The molecule has 0 amide bonds. The summed E-state index contributed by atoms with van der Waals surface area (Å²) in [6.45, 7) is 10.1. The van der Waals surface area contributed by atoms with Gasteiger partial charge in [-0.1, -0.05) is 6.92 Å². The van der Waals surface area contributed by atoms with Crippen LogP contribution in [0.1, 0.15) is 25.4 Å². The third-order valence-corrected chi connectivity index (χ3v) is 3.57. The molecule has 1 aromatic heterocycles. The third-order valence-electron chi connectivity index (χ3n) is 3.57. The number of aliphatic hydroxyl groups is 1. The van der Waals surface area contributed by atoms with Crippen molar-refractivity contribution in [2.24, 2.45) is 0 Å². The van der Waals surface area contributed by atoms with Crippen molar-refractivity contribution in [2.45, 2.75) is 32.8 Å². The smallest absolute Gasteiger partial charge is 0.130 e. The summed E-state index contributed by atoms with van der Waals surface area (Å²) in [6, 6.07) is 1.94. The van der Waals surface area contributed by atoms with Crippen LogP contribution in [0, 0.1) is 6.92 Å². The van der Waals surface area contributed by atoms with Gasteiger partial charge in [-0.3, -0.25) is 4.90 Å². The van der Waals surface area contributed by atoms with E-state index < -0.39 is 5.60 Å². The molecule has 2 heterocycles. The number of hydrogen-bond donors (Lipinski definition) is 2. The standard InChI is InChI=1S/C15H26N4O2/c1-4-13-9-14(18-12(2)17-13)16-10-15(3,20)11-19-5-7-21-8-6-19/h9,20H,4-8,10-11H2,1-3H3,(H,16,17,18). The number of nitrogens with zero attached hydrogens (tertiary/aromatic N) is 3. The van der Waals surface area contributed by atoms with Gasteiger partial charge in [-0.25, -0.2) is 9.97 Å². The summed E-state index contributed by atoms with van der Waals surface area (Å²) in [5.41, 5.74) is 0.209. The second kappa shape index (κ2) is 7.15. The molecule has 118 valence electrons. The first kappa shape index (κ1) is 16.1. The van der Waals surface area contributed by atoms with Crippen molar-refractivity contribution in [3.63, 3.8) is 0 Å². The van der Waals surface area contributed by atoms with E-state index in [2.05, 4.69) is 27.1 Å². The van der Waals surface area contributed by atoms with E-state index in [1.807, 2.05) is 19.9 Å².